The quantitative estimate of drug-likeness (QED) is 0.862. The Bertz CT molecular complexity index is 596. The topological polar surface area (TPSA) is 12.0 Å². The van der Waals surface area contributed by atoms with Crippen LogP contribution in [-0.4, -0.2) is 0 Å². The minimum absolute atomic E-state index is 0.227. The molecule has 2 aromatic carbocycles. The van der Waals surface area contributed by atoms with Gasteiger partial charge in [0.25, 0.3) is 0 Å². The molecule has 1 aliphatic rings. The lowest BCUT2D eigenvalue weighted by Crippen LogP contribution is -2.15. The molecule has 1 N–H and O–H groups in total. The number of nitrogens with one attached hydrogen (secondary N) is 1. The maximum Gasteiger partial charge on any atom is 0.0490 e. The first-order chi connectivity index (χ1) is 9.95. The molecule has 20 heavy (non-hydrogen) atoms. The van der Waals surface area contributed by atoms with E-state index >= 15 is 0 Å². The molecule has 0 aliphatic carbocycles. The van der Waals surface area contributed by atoms with E-state index in [0.717, 1.165) is 0 Å². The maximum absolute atomic E-state index is 3.40. The third-order valence-corrected chi connectivity index (χ3v) is 3.42. The number of benzene rings is 2. The molecule has 0 aromatic heterocycles. The minimum atomic E-state index is 0.227. The second kappa shape index (κ2) is 6.07. The molecule has 0 bridgehead atoms. The average molecular weight is 259 g/mol. The molecule has 0 radical (unpaired) electrons. The van der Waals surface area contributed by atoms with Gasteiger partial charge < -0.3 is 5.32 Å². The standard InChI is InChI=1S/C19H17N/c1-4-10-16(11-5-1)19(17-12-6-2-7-13-17)18-14-8-3-9-15-20-18/h1-15,19-20H. The molecular formula is C19H17N. The van der Waals surface area contributed by atoms with Gasteiger partial charge in [0.1, 0.15) is 0 Å². The molecule has 0 saturated carbocycles. The fraction of sp³-hybridized carbons (Fsp3) is 0.0526. The molecule has 0 unspecified atom stereocenters. The van der Waals surface area contributed by atoms with E-state index in [9.17, 15) is 0 Å². The van der Waals surface area contributed by atoms with Crippen molar-refractivity contribution in [1.29, 1.82) is 0 Å². The van der Waals surface area contributed by atoms with E-state index in [-0.39, 0.29) is 5.92 Å². The lowest BCUT2D eigenvalue weighted by molar-refractivity contribution is 0.856. The number of hydrogen-bond acceptors (Lipinski definition) is 1. The van der Waals surface area contributed by atoms with Crippen molar-refractivity contribution in [3.63, 3.8) is 0 Å². The Kier molecular flexibility index (Phi) is 3.79. The fourth-order valence-corrected chi connectivity index (χ4v) is 2.49. The molecule has 0 fully saturated rings. The van der Waals surface area contributed by atoms with Gasteiger partial charge in [0, 0.05) is 17.8 Å². The van der Waals surface area contributed by atoms with Crippen molar-refractivity contribution >= 4 is 0 Å². The lowest BCUT2D eigenvalue weighted by atomic mass is 9.88. The summed E-state index contributed by atoms with van der Waals surface area (Å²) in [7, 11) is 0. The largest absolute Gasteiger partial charge is 0.364 e. The van der Waals surface area contributed by atoms with E-state index in [1.165, 1.54) is 16.8 Å². The third-order valence-electron chi connectivity index (χ3n) is 3.42. The van der Waals surface area contributed by atoms with E-state index in [4.69, 9.17) is 0 Å². The second-order valence-corrected chi connectivity index (χ2v) is 4.76. The summed E-state index contributed by atoms with van der Waals surface area (Å²) in [5.74, 6) is 0.227. The van der Waals surface area contributed by atoms with Crippen molar-refractivity contribution in [1.82, 2.24) is 5.32 Å². The highest BCUT2D eigenvalue weighted by atomic mass is 14.9. The normalized spacial score (nSPS) is 13.8. The average Bonchev–Trinajstić information content (AvgIpc) is 2.79. The van der Waals surface area contributed by atoms with Crippen LogP contribution in [-0.2, 0) is 0 Å². The Morgan fingerprint density at radius 2 is 1.25 bits per heavy atom. The minimum Gasteiger partial charge on any atom is -0.364 e. The van der Waals surface area contributed by atoms with Gasteiger partial charge in [-0.25, -0.2) is 0 Å². The summed E-state index contributed by atoms with van der Waals surface area (Å²) in [5, 5.41) is 3.40. The van der Waals surface area contributed by atoms with Crippen molar-refractivity contribution in [3.8, 4) is 0 Å². The molecule has 3 rings (SSSR count). The fourth-order valence-electron chi connectivity index (χ4n) is 2.49. The van der Waals surface area contributed by atoms with Gasteiger partial charge in [-0.15, -0.1) is 0 Å². The predicted molar refractivity (Wildman–Crippen MR) is 84.2 cm³/mol. The van der Waals surface area contributed by atoms with Crippen LogP contribution < -0.4 is 5.32 Å². The SMILES string of the molecule is C1=CC=C(C(c2ccccc2)c2ccccc2)NC=C1. The molecule has 0 amide bonds. The molecule has 1 nitrogen and oxygen atoms in total. The zero-order chi connectivity index (χ0) is 13.6. The first-order valence-corrected chi connectivity index (χ1v) is 6.85. The molecule has 1 heteroatoms. The zero-order valence-corrected chi connectivity index (χ0v) is 11.2. The van der Waals surface area contributed by atoms with Crippen LogP contribution in [0.3, 0.4) is 0 Å². The van der Waals surface area contributed by atoms with Gasteiger partial charge in [-0.2, -0.15) is 0 Å². The van der Waals surface area contributed by atoms with Crippen LogP contribution in [0.2, 0.25) is 0 Å². The lowest BCUT2D eigenvalue weighted by Gasteiger charge is -2.21. The summed E-state index contributed by atoms with van der Waals surface area (Å²) in [6, 6.07) is 21.2. The monoisotopic (exact) mass is 259 g/mol. The summed E-state index contributed by atoms with van der Waals surface area (Å²) in [5.41, 5.74) is 3.77. The highest BCUT2D eigenvalue weighted by Crippen LogP contribution is 2.30. The molecule has 98 valence electrons. The van der Waals surface area contributed by atoms with Crippen LogP contribution in [0, 0.1) is 0 Å². The molecule has 0 atom stereocenters. The number of rotatable bonds is 3. The van der Waals surface area contributed by atoms with Gasteiger partial charge in [0.15, 0.2) is 0 Å². The van der Waals surface area contributed by atoms with Crippen molar-refractivity contribution in [2.24, 2.45) is 0 Å². The van der Waals surface area contributed by atoms with Crippen LogP contribution in [0.5, 0.6) is 0 Å². The van der Waals surface area contributed by atoms with Gasteiger partial charge in [-0.05, 0) is 23.3 Å². The van der Waals surface area contributed by atoms with E-state index < -0.39 is 0 Å². The highest BCUT2D eigenvalue weighted by molar-refractivity contribution is 5.42. The Balaban J connectivity index is 2.07. The van der Waals surface area contributed by atoms with Crippen LogP contribution in [0.4, 0.5) is 0 Å². The van der Waals surface area contributed by atoms with Crippen LogP contribution in [0.15, 0.2) is 96.9 Å². The smallest absolute Gasteiger partial charge is 0.0490 e. The van der Waals surface area contributed by atoms with Crippen molar-refractivity contribution in [2.75, 3.05) is 0 Å². The summed E-state index contributed by atoms with van der Waals surface area (Å²) in [4.78, 5) is 0. The van der Waals surface area contributed by atoms with E-state index in [1.54, 1.807) is 0 Å². The van der Waals surface area contributed by atoms with Crippen LogP contribution >= 0.6 is 0 Å². The first-order valence-electron chi connectivity index (χ1n) is 6.85. The molecule has 1 aliphatic heterocycles. The highest BCUT2D eigenvalue weighted by Gasteiger charge is 2.18. The van der Waals surface area contributed by atoms with E-state index in [0.29, 0.717) is 0 Å². The summed E-state index contributed by atoms with van der Waals surface area (Å²) in [6.07, 6.45) is 10.2. The van der Waals surface area contributed by atoms with E-state index in [1.807, 2.05) is 18.4 Å². The van der Waals surface area contributed by atoms with Crippen molar-refractivity contribution in [3.05, 3.63) is 108 Å². The molecule has 1 heterocycles. The van der Waals surface area contributed by atoms with Gasteiger partial charge in [0.2, 0.25) is 0 Å². The zero-order valence-electron chi connectivity index (χ0n) is 11.2. The molecule has 0 saturated heterocycles. The van der Waals surface area contributed by atoms with Gasteiger partial charge >= 0.3 is 0 Å². The summed E-state index contributed by atoms with van der Waals surface area (Å²) in [6.45, 7) is 0. The third kappa shape index (κ3) is 2.72. The van der Waals surface area contributed by atoms with Gasteiger partial charge in [-0.1, -0.05) is 72.8 Å². The van der Waals surface area contributed by atoms with Crippen molar-refractivity contribution in [2.45, 2.75) is 5.92 Å². The maximum atomic E-state index is 3.40. The van der Waals surface area contributed by atoms with Crippen LogP contribution in [0.1, 0.15) is 17.0 Å². The molecular weight excluding hydrogens is 242 g/mol. The Hall–Kier alpha value is -2.54. The molecule has 2 aromatic rings. The molecule has 0 spiro atoms. The second-order valence-electron chi connectivity index (χ2n) is 4.76. The summed E-state index contributed by atoms with van der Waals surface area (Å²) < 4.78 is 0. The van der Waals surface area contributed by atoms with Crippen molar-refractivity contribution < 1.29 is 0 Å². The Labute approximate surface area is 120 Å². The van der Waals surface area contributed by atoms with Crippen LogP contribution in [0.25, 0.3) is 0 Å². The summed E-state index contributed by atoms with van der Waals surface area (Å²) >= 11 is 0. The Morgan fingerprint density at radius 3 is 1.85 bits per heavy atom. The number of allylic oxidation sites excluding steroid dienone is 5. The van der Waals surface area contributed by atoms with Gasteiger partial charge in [0.05, 0.1) is 0 Å². The number of hydrogen-bond donors (Lipinski definition) is 1. The Morgan fingerprint density at radius 1 is 0.650 bits per heavy atom. The predicted octanol–water partition coefficient (Wildman–Crippen LogP) is 4.38. The van der Waals surface area contributed by atoms with Gasteiger partial charge in [-0.3, -0.25) is 0 Å². The van der Waals surface area contributed by atoms with E-state index in [2.05, 4.69) is 78.1 Å². The first kappa shape index (κ1) is 12.5.